The molecular formula is C19H30N4O2S. The molecule has 0 atom stereocenters. The molecule has 26 heavy (non-hydrogen) atoms. The van der Waals surface area contributed by atoms with Gasteiger partial charge in [0.05, 0.1) is 11.9 Å². The van der Waals surface area contributed by atoms with Crippen molar-refractivity contribution in [3.63, 3.8) is 0 Å². The number of rotatable bonds is 12. The summed E-state index contributed by atoms with van der Waals surface area (Å²) in [6.45, 7) is 5.68. The Labute approximate surface area is 157 Å². The Hall–Kier alpha value is -1.70. The van der Waals surface area contributed by atoms with E-state index in [4.69, 9.17) is 0 Å². The van der Waals surface area contributed by atoms with E-state index in [9.17, 15) is 8.42 Å². The van der Waals surface area contributed by atoms with Gasteiger partial charge in [-0.25, -0.2) is 9.40 Å². The first-order chi connectivity index (χ1) is 12.6. The summed E-state index contributed by atoms with van der Waals surface area (Å²) in [6.07, 6.45) is 8.07. The largest absolute Gasteiger partial charge is 0.279 e. The van der Waals surface area contributed by atoms with Crippen LogP contribution in [-0.2, 0) is 16.6 Å². The van der Waals surface area contributed by atoms with Gasteiger partial charge in [0.25, 0.3) is 10.2 Å². The zero-order valence-corrected chi connectivity index (χ0v) is 16.6. The van der Waals surface area contributed by atoms with Crippen molar-refractivity contribution in [1.82, 2.24) is 18.8 Å². The first-order valence-electron chi connectivity index (χ1n) is 9.40. The van der Waals surface area contributed by atoms with Crippen LogP contribution in [0, 0.1) is 0 Å². The van der Waals surface area contributed by atoms with Crippen LogP contribution < -0.4 is 4.72 Å². The topological polar surface area (TPSA) is 67.2 Å². The average Bonchev–Trinajstić information content (AvgIpc) is 3.11. The average molecular weight is 379 g/mol. The monoisotopic (exact) mass is 378 g/mol. The molecule has 1 heterocycles. The molecule has 1 N–H and O–H groups in total. The molecule has 0 aliphatic heterocycles. The van der Waals surface area contributed by atoms with Gasteiger partial charge in [0, 0.05) is 25.8 Å². The highest BCUT2D eigenvalue weighted by atomic mass is 32.2. The molecule has 1 aromatic carbocycles. The van der Waals surface area contributed by atoms with Gasteiger partial charge >= 0.3 is 0 Å². The maximum atomic E-state index is 12.6. The standard InChI is InChI=1S/C19H30N4O2S/c1-3-5-14-22(15-6-4-2)26(24,25)21-13-12-18-16-20-23(17-18)19-10-8-7-9-11-19/h7-11,16-17,21H,3-6,12-15H2,1-2H3. The molecule has 7 heteroatoms. The van der Waals surface area contributed by atoms with E-state index >= 15 is 0 Å². The van der Waals surface area contributed by atoms with E-state index in [0.29, 0.717) is 26.1 Å². The van der Waals surface area contributed by atoms with Crippen LogP contribution in [0.4, 0.5) is 0 Å². The summed E-state index contributed by atoms with van der Waals surface area (Å²) in [6, 6.07) is 9.86. The fraction of sp³-hybridized carbons (Fsp3) is 0.526. The predicted octanol–water partition coefficient (Wildman–Crippen LogP) is 3.15. The summed E-state index contributed by atoms with van der Waals surface area (Å²) < 4.78 is 31.2. The predicted molar refractivity (Wildman–Crippen MR) is 106 cm³/mol. The van der Waals surface area contributed by atoms with Crippen molar-refractivity contribution in [3.05, 3.63) is 48.3 Å². The summed E-state index contributed by atoms with van der Waals surface area (Å²) in [4.78, 5) is 0. The normalized spacial score (nSPS) is 12.0. The molecule has 0 unspecified atom stereocenters. The third kappa shape index (κ3) is 6.23. The van der Waals surface area contributed by atoms with Gasteiger partial charge in [-0.1, -0.05) is 44.9 Å². The lowest BCUT2D eigenvalue weighted by molar-refractivity contribution is 0.388. The summed E-state index contributed by atoms with van der Waals surface area (Å²) in [5.41, 5.74) is 2.00. The Morgan fingerprint density at radius 3 is 2.35 bits per heavy atom. The molecule has 0 bridgehead atoms. The van der Waals surface area contributed by atoms with Crippen LogP contribution in [0.25, 0.3) is 5.69 Å². The van der Waals surface area contributed by atoms with E-state index in [2.05, 4.69) is 23.7 Å². The van der Waals surface area contributed by atoms with Crippen molar-refractivity contribution in [2.75, 3.05) is 19.6 Å². The molecule has 0 radical (unpaired) electrons. The molecule has 1 aromatic heterocycles. The maximum Gasteiger partial charge on any atom is 0.279 e. The number of hydrogen-bond acceptors (Lipinski definition) is 3. The highest BCUT2D eigenvalue weighted by Crippen LogP contribution is 2.09. The van der Waals surface area contributed by atoms with Crippen molar-refractivity contribution in [2.45, 2.75) is 46.0 Å². The number of hydrogen-bond donors (Lipinski definition) is 1. The van der Waals surface area contributed by atoms with Crippen LogP contribution in [0.15, 0.2) is 42.7 Å². The van der Waals surface area contributed by atoms with Crippen LogP contribution in [0.5, 0.6) is 0 Å². The van der Waals surface area contributed by atoms with Crippen molar-refractivity contribution in [2.24, 2.45) is 0 Å². The highest BCUT2D eigenvalue weighted by molar-refractivity contribution is 7.87. The number of aromatic nitrogens is 2. The summed E-state index contributed by atoms with van der Waals surface area (Å²) in [7, 11) is -3.43. The molecule has 0 spiro atoms. The lowest BCUT2D eigenvalue weighted by atomic mass is 10.2. The minimum Gasteiger partial charge on any atom is -0.241 e. The molecule has 0 amide bonds. The van der Waals surface area contributed by atoms with E-state index in [-0.39, 0.29) is 0 Å². The second-order valence-electron chi connectivity index (χ2n) is 6.38. The van der Waals surface area contributed by atoms with Crippen molar-refractivity contribution in [3.8, 4) is 5.69 Å². The molecule has 6 nitrogen and oxygen atoms in total. The Morgan fingerprint density at radius 2 is 1.73 bits per heavy atom. The number of unbranched alkanes of at least 4 members (excludes halogenated alkanes) is 2. The lowest BCUT2D eigenvalue weighted by Crippen LogP contribution is -2.42. The Balaban J connectivity index is 1.89. The van der Waals surface area contributed by atoms with Crippen LogP contribution in [0.1, 0.15) is 45.1 Å². The van der Waals surface area contributed by atoms with E-state index in [1.807, 2.05) is 36.5 Å². The molecule has 144 valence electrons. The SMILES string of the molecule is CCCCN(CCCC)S(=O)(=O)NCCc1cnn(-c2ccccc2)c1. The van der Waals surface area contributed by atoms with Crippen LogP contribution in [0.2, 0.25) is 0 Å². The zero-order valence-electron chi connectivity index (χ0n) is 15.8. The molecule has 2 aromatic rings. The van der Waals surface area contributed by atoms with E-state index in [1.54, 1.807) is 15.2 Å². The Morgan fingerprint density at radius 1 is 1.08 bits per heavy atom. The minimum absolute atomic E-state index is 0.373. The fourth-order valence-electron chi connectivity index (χ4n) is 2.65. The number of benzene rings is 1. The molecule has 0 saturated heterocycles. The second-order valence-corrected chi connectivity index (χ2v) is 8.14. The third-order valence-electron chi connectivity index (χ3n) is 4.22. The molecule has 0 aliphatic carbocycles. The van der Waals surface area contributed by atoms with Gasteiger partial charge in [-0.15, -0.1) is 0 Å². The quantitative estimate of drug-likeness (QED) is 0.617. The van der Waals surface area contributed by atoms with Gasteiger partial charge in [0.1, 0.15) is 0 Å². The van der Waals surface area contributed by atoms with E-state index in [0.717, 1.165) is 36.9 Å². The molecular weight excluding hydrogens is 348 g/mol. The Kier molecular flexibility index (Phi) is 8.28. The van der Waals surface area contributed by atoms with Gasteiger partial charge in [-0.05, 0) is 37.0 Å². The molecule has 0 fully saturated rings. The first kappa shape index (κ1) is 20.6. The number of para-hydroxylation sites is 1. The van der Waals surface area contributed by atoms with Crippen molar-refractivity contribution in [1.29, 1.82) is 0 Å². The van der Waals surface area contributed by atoms with Crippen molar-refractivity contribution >= 4 is 10.2 Å². The zero-order chi connectivity index (χ0) is 18.8. The molecule has 0 saturated carbocycles. The minimum atomic E-state index is -3.43. The van der Waals surface area contributed by atoms with Crippen LogP contribution in [0.3, 0.4) is 0 Å². The van der Waals surface area contributed by atoms with Gasteiger partial charge < -0.3 is 0 Å². The van der Waals surface area contributed by atoms with Crippen molar-refractivity contribution < 1.29 is 8.42 Å². The van der Waals surface area contributed by atoms with Gasteiger partial charge in [0.2, 0.25) is 0 Å². The van der Waals surface area contributed by atoms with E-state index < -0.39 is 10.2 Å². The third-order valence-corrected chi connectivity index (χ3v) is 5.83. The number of nitrogens with zero attached hydrogens (tertiary/aromatic N) is 3. The van der Waals surface area contributed by atoms with E-state index in [1.165, 1.54) is 0 Å². The second kappa shape index (κ2) is 10.4. The summed E-state index contributed by atoms with van der Waals surface area (Å²) in [5.74, 6) is 0. The fourth-order valence-corrected chi connectivity index (χ4v) is 3.93. The first-order valence-corrected chi connectivity index (χ1v) is 10.8. The maximum absolute atomic E-state index is 12.6. The highest BCUT2D eigenvalue weighted by Gasteiger charge is 2.20. The Bertz CT molecular complexity index is 736. The van der Waals surface area contributed by atoms with Gasteiger partial charge in [-0.3, -0.25) is 0 Å². The van der Waals surface area contributed by atoms with Gasteiger partial charge in [-0.2, -0.15) is 17.8 Å². The molecule has 2 rings (SSSR count). The summed E-state index contributed by atoms with van der Waals surface area (Å²) in [5, 5.41) is 4.35. The van der Waals surface area contributed by atoms with Gasteiger partial charge in [0.15, 0.2) is 0 Å². The summed E-state index contributed by atoms with van der Waals surface area (Å²) >= 11 is 0. The van der Waals surface area contributed by atoms with Crippen LogP contribution >= 0.6 is 0 Å². The lowest BCUT2D eigenvalue weighted by Gasteiger charge is -2.22. The number of nitrogens with one attached hydrogen (secondary N) is 1. The van der Waals surface area contributed by atoms with Crippen LogP contribution in [-0.4, -0.2) is 42.1 Å². The molecule has 0 aliphatic rings. The smallest absolute Gasteiger partial charge is 0.241 e.